The Labute approximate surface area is 127 Å². The Hall–Kier alpha value is -1.21. The molecule has 0 amide bonds. The van der Waals surface area contributed by atoms with Crippen LogP contribution in [0.3, 0.4) is 0 Å². The quantitative estimate of drug-likeness (QED) is 0.865. The van der Waals surface area contributed by atoms with E-state index in [-0.39, 0.29) is 11.4 Å². The van der Waals surface area contributed by atoms with E-state index in [1.807, 2.05) is 24.3 Å². The standard InChI is InChI=1S/C14H15BrN2O2S/c15-14-7-2-1-5-12(14)10-17-20(18,19)13-6-3-4-11(8-13)9-16/h1-8,17H,9-10,16H2. The van der Waals surface area contributed by atoms with Crippen molar-refractivity contribution in [2.24, 2.45) is 5.73 Å². The monoisotopic (exact) mass is 354 g/mol. The van der Waals surface area contributed by atoms with Gasteiger partial charge in [-0.25, -0.2) is 13.1 Å². The number of halogens is 1. The van der Waals surface area contributed by atoms with Crippen LogP contribution in [0.4, 0.5) is 0 Å². The van der Waals surface area contributed by atoms with Gasteiger partial charge in [0.1, 0.15) is 0 Å². The lowest BCUT2D eigenvalue weighted by molar-refractivity contribution is 0.581. The van der Waals surface area contributed by atoms with Gasteiger partial charge in [-0.2, -0.15) is 0 Å². The molecule has 2 aromatic carbocycles. The number of sulfonamides is 1. The van der Waals surface area contributed by atoms with Crippen LogP contribution in [0.1, 0.15) is 11.1 Å². The van der Waals surface area contributed by atoms with Gasteiger partial charge >= 0.3 is 0 Å². The van der Waals surface area contributed by atoms with Gasteiger partial charge in [0.2, 0.25) is 10.0 Å². The highest BCUT2D eigenvalue weighted by Gasteiger charge is 2.14. The number of hydrogen-bond donors (Lipinski definition) is 2. The summed E-state index contributed by atoms with van der Waals surface area (Å²) in [7, 11) is -3.53. The van der Waals surface area contributed by atoms with Crippen LogP contribution in [0.5, 0.6) is 0 Å². The number of nitrogens with one attached hydrogen (secondary N) is 1. The lowest BCUT2D eigenvalue weighted by Gasteiger charge is -2.09. The van der Waals surface area contributed by atoms with Crippen LogP contribution >= 0.6 is 15.9 Å². The minimum absolute atomic E-state index is 0.229. The van der Waals surface area contributed by atoms with Crippen LogP contribution in [0.2, 0.25) is 0 Å². The third kappa shape index (κ3) is 3.67. The van der Waals surface area contributed by atoms with Crippen molar-refractivity contribution in [3.63, 3.8) is 0 Å². The molecule has 0 fully saturated rings. The molecule has 0 radical (unpaired) electrons. The largest absolute Gasteiger partial charge is 0.326 e. The van der Waals surface area contributed by atoms with Gasteiger partial charge in [0.15, 0.2) is 0 Å². The Morgan fingerprint density at radius 3 is 2.55 bits per heavy atom. The second-order valence-corrected chi connectivity index (χ2v) is 6.89. The summed E-state index contributed by atoms with van der Waals surface area (Å²) in [5.74, 6) is 0. The van der Waals surface area contributed by atoms with Crippen molar-refractivity contribution in [2.75, 3.05) is 0 Å². The van der Waals surface area contributed by atoms with Gasteiger partial charge in [0.05, 0.1) is 4.90 Å². The second kappa shape index (κ2) is 6.49. The molecule has 2 rings (SSSR count). The maximum atomic E-state index is 12.2. The maximum Gasteiger partial charge on any atom is 0.240 e. The van der Waals surface area contributed by atoms with Gasteiger partial charge in [-0.1, -0.05) is 46.3 Å². The predicted octanol–water partition coefficient (Wildman–Crippen LogP) is 2.39. The Bertz CT molecular complexity index is 702. The first-order valence-corrected chi connectivity index (χ1v) is 8.32. The molecule has 106 valence electrons. The fourth-order valence-electron chi connectivity index (χ4n) is 1.74. The lowest BCUT2D eigenvalue weighted by Crippen LogP contribution is -2.23. The summed E-state index contributed by atoms with van der Waals surface area (Å²) >= 11 is 3.39. The average molecular weight is 355 g/mol. The first-order valence-electron chi connectivity index (χ1n) is 6.05. The molecule has 4 nitrogen and oxygen atoms in total. The van der Waals surface area contributed by atoms with Crippen LogP contribution < -0.4 is 10.5 Å². The third-order valence-corrected chi connectivity index (χ3v) is 5.03. The van der Waals surface area contributed by atoms with E-state index in [0.717, 1.165) is 15.6 Å². The molecule has 6 heteroatoms. The lowest BCUT2D eigenvalue weighted by atomic mass is 10.2. The zero-order valence-electron chi connectivity index (χ0n) is 10.7. The molecule has 0 unspecified atom stereocenters. The zero-order chi connectivity index (χ0) is 14.6. The third-order valence-electron chi connectivity index (χ3n) is 2.85. The van der Waals surface area contributed by atoms with Gasteiger partial charge in [-0.05, 0) is 29.3 Å². The molecule has 0 aromatic heterocycles. The van der Waals surface area contributed by atoms with Crippen LogP contribution in [0.25, 0.3) is 0 Å². The molecule has 3 N–H and O–H groups in total. The normalized spacial score (nSPS) is 11.5. The molecule has 0 aliphatic carbocycles. The van der Waals surface area contributed by atoms with E-state index in [2.05, 4.69) is 20.7 Å². The summed E-state index contributed by atoms with van der Waals surface area (Å²) in [6.07, 6.45) is 0. The van der Waals surface area contributed by atoms with Crippen molar-refractivity contribution < 1.29 is 8.42 Å². The molecule has 2 aromatic rings. The Morgan fingerprint density at radius 2 is 1.85 bits per heavy atom. The molecule has 0 atom stereocenters. The topological polar surface area (TPSA) is 72.2 Å². The number of rotatable bonds is 5. The van der Waals surface area contributed by atoms with E-state index in [9.17, 15) is 8.42 Å². The maximum absolute atomic E-state index is 12.2. The van der Waals surface area contributed by atoms with E-state index < -0.39 is 10.0 Å². The summed E-state index contributed by atoms with van der Waals surface area (Å²) in [4.78, 5) is 0.229. The zero-order valence-corrected chi connectivity index (χ0v) is 13.1. The van der Waals surface area contributed by atoms with Crippen LogP contribution in [0.15, 0.2) is 57.9 Å². The molecule has 0 aliphatic heterocycles. The van der Waals surface area contributed by atoms with E-state index in [1.54, 1.807) is 24.3 Å². The molecule has 0 aliphatic rings. The molecule has 20 heavy (non-hydrogen) atoms. The van der Waals surface area contributed by atoms with E-state index in [1.165, 1.54) is 0 Å². The number of nitrogens with two attached hydrogens (primary N) is 1. The highest BCUT2D eigenvalue weighted by atomic mass is 79.9. The molecule has 0 saturated carbocycles. The van der Waals surface area contributed by atoms with Crippen molar-refractivity contribution in [3.8, 4) is 0 Å². The summed E-state index contributed by atoms with van der Waals surface area (Å²) in [5.41, 5.74) is 7.19. The molecule has 0 heterocycles. The van der Waals surface area contributed by atoms with E-state index in [0.29, 0.717) is 6.54 Å². The molecule has 0 saturated heterocycles. The van der Waals surface area contributed by atoms with Crippen molar-refractivity contribution in [1.82, 2.24) is 4.72 Å². The van der Waals surface area contributed by atoms with E-state index in [4.69, 9.17) is 5.73 Å². The molecular weight excluding hydrogens is 340 g/mol. The van der Waals surface area contributed by atoms with Gasteiger partial charge < -0.3 is 5.73 Å². The van der Waals surface area contributed by atoms with E-state index >= 15 is 0 Å². The minimum atomic E-state index is -3.53. The van der Waals surface area contributed by atoms with Crippen LogP contribution in [-0.4, -0.2) is 8.42 Å². The highest BCUT2D eigenvalue weighted by Crippen LogP contribution is 2.17. The van der Waals surface area contributed by atoms with Crippen LogP contribution in [-0.2, 0) is 23.1 Å². The Kier molecular flexibility index (Phi) is 4.93. The van der Waals surface area contributed by atoms with Gasteiger partial charge in [0, 0.05) is 17.6 Å². The Morgan fingerprint density at radius 1 is 1.10 bits per heavy atom. The fourth-order valence-corrected chi connectivity index (χ4v) is 3.24. The van der Waals surface area contributed by atoms with Crippen molar-refractivity contribution >= 4 is 26.0 Å². The summed E-state index contributed by atoms with van der Waals surface area (Å²) in [6, 6.07) is 14.1. The Balaban J connectivity index is 2.17. The van der Waals surface area contributed by atoms with Crippen molar-refractivity contribution in [2.45, 2.75) is 18.0 Å². The predicted molar refractivity (Wildman–Crippen MR) is 82.5 cm³/mol. The van der Waals surface area contributed by atoms with Crippen molar-refractivity contribution in [3.05, 3.63) is 64.1 Å². The summed E-state index contributed by atoms with van der Waals surface area (Å²) in [6.45, 7) is 0.546. The summed E-state index contributed by atoms with van der Waals surface area (Å²) in [5, 5.41) is 0. The van der Waals surface area contributed by atoms with Crippen LogP contribution in [0, 0.1) is 0 Å². The number of benzene rings is 2. The fraction of sp³-hybridized carbons (Fsp3) is 0.143. The smallest absolute Gasteiger partial charge is 0.240 e. The van der Waals surface area contributed by atoms with Crippen molar-refractivity contribution in [1.29, 1.82) is 0 Å². The average Bonchev–Trinajstić information content (AvgIpc) is 2.46. The molecule has 0 bridgehead atoms. The second-order valence-electron chi connectivity index (χ2n) is 4.27. The SMILES string of the molecule is NCc1cccc(S(=O)(=O)NCc2ccccc2Br)c1. The minimum Gasteiger partial charge on any atom is -0.326 e. The highest BCUT2D eigenvalue weighted by molar-refractivity contribution is 9.10. The van der Waals surface area contributed by atoms with Gasteiger partial charge in [-0.15, -0.1) is 0 Å². The molecule has 0 spiro atoms. The molecular formula is C14H15BrN2O2S. The first-order chi connectivity index (χ1) is 9.53. The first kappa shape index (κ1) is 15.2. The van der Waals surface area contributed by atoms with Gasteiger partial charge in [0.25, 0.3) is 0 Å². The number of hydrogen-bond acceptors (Lipinski definition) is 3. The summed E-state index contributed by atoms with van der Waals surface area (Å²) < 4.78 is 27.9. The van der Waals surface area contributed by atoms with Gasteiger partial charge in [-0.3, -0.25) is 0 Å².